The van der Waals surface area contributed by atoms with Crippen molar-refractivity contribution in [1.82, 2.24) is 20.2 Å². The van der Waals surface area contributed by atoms with Crippen LogP contribution in [-0.2, 0) is 13.0 Å². The SMILES string of the molecule is CCNC(=NCCc1cccc(Cl)c1)NCCn1ccnc1.I. The van der Waals surface area contributed by atoms with Gasteiger partial charge < -0.3 is 15.2 Å². The molecule has 0 aliphatic carbocycles. The summed E-state index contributed by atoms with van der Waals surface area (Å²) in [6, 6.07) is 7.91. The minimum atomic E-state index is 0. The lowest BCUT2D eigenvalue weighted by Crippen LogP contribution is -2.39. The zero-order chi connectivity index (χ0) is 15.6. The number of hydrogen-bond donors (Lipinski definition) is 2. The maximum Gasteiger partial charge on any atom is 0.191 e. The monoisotopic (exact) mass is 447 g/mol. The van der Waals surface area contributed by atoms with Gasteiger partial charge in [-0.1, -0.05) is 23.7 Å². The first-order chi connectivity index (χ1) is 10.8. The molecule has 7 heteroatoms. The average molecular weight is 448 g/mol. The van der Waals surface area contributed by atoms with Crippen molar-refractivity contribution in [3.05, 3.63) is 53.6 Å². The zero-order valence-corrected chi connectivity index (χ0v) is 16.3. The van der Waals surface area contributed by atoms with Crippen molar-refractivity contribution >= 4 is 41.5 Å². The Morgan fingerprint density at radius 1 is 1.35 bits per heavy atom. The third-order valence-corrected chi connectivity index (χ3v) is 3.36. The number of imidazole rings is 1. The second-order valence-electron chi connectivity index (χ2n) is 4.87. The van der Waals surface area contributed by atoms with E-state index in [1.807, 2.05) is 35.3 Å². The lowest BCUT2D eigenvalue weighted by molar-refractivity contribution is 0.662. The normalized spacial score (nSPS) is 11.0. The van der Waals surface area contributed by atoms with Crippen LogP contribution in [0.3, 0.4) is 0 Å². The van der Waals surface area contributed by atoms with Gasteiger partial charge in [-0.3, -0.25) is 4.99 Å². The van der Waals surface area contributed by atoms with Gasteiger partial charge >= 0.3 is 0 Å². The number of aromatic nitrogens is 2. The summed E-state index contributed by atoms with van der Waals surface area (Å²) in [4.78, 5) is 8.61. The molecule has 2 aromatic rings. The molecule has 0 amide bonds. The number of rotatable bonds is 7. The second-order valence-corrected chi connectivity index (χ2v) is 5.30. The summed E-state index contributed by atoms with van der Waals surface area (Å²) in [6.45, 7) is 5.29. The van der Waals surface area contributed by atoms with E-state index >= 15 is 0 Å². The Morgan fingerprint density at radius 2 is 2.22 bits per heavy atom. The lowest BCUT2D eigenvalue weighted by atomic mass is 10.1. The Morgan fingerprint density at radius 3 is 2.91 bits per heavy atom. The van der Waals surface area contributed by atoms with Crippen molar-refractivity contribution in [3.8, 4) is 0 Å². The molecule has 0 aliphatic heterocycles. The smallest absolute Gasteiger partial charge is 0.191 e. The van der Waals surface area contributed by atoms with Crippen LogP contribution in [0.5, 0.6) is 0 Å². The van der Waals surface area contributed by atoms with Crippen LogP contribution in [-0.4, -0.2) is 35.1 Å². The van der Waals surface area contributed by atoms with E-state index in [0.29, 0.717) is 0 Å². The van der Waals surface area contributed by atoms with Gasteiger partial charge in [0.1, 0.15) is 0 Å². The van der Waals surface area contributed by atoms with E-state index in [1.54, 1.807) is 6.20 Å². The molecule has 0 aliphatic rings. The molecule has 0 fully saturated rings. The van der Waals surface area contributed by atoms with Crippen molar-refractivity contribution in [2.45, 2.75) is 19.9 Å². The number of nitrogens with one attached hydrogen (secondary N) is 2. The van der Waals surface area contributed by atoms with Crippen molar-refractivity contribution < 1.29 is 0 Å². The Bertz CT molecular complexity index is 586. The van der Waals surface area contributed by atoms with Crippen LogP contribution in [0.4, 0.5) is 0 Å². The highest BCUT2D eigenvalue weighted by atomic mass is 127. The molecular weight excluding hydrogens is 425 g/mol. The largest absolute Gasteiger partial charge is 0.357 e. The molecular formula is C16H23ClIN5. The molecule has 23 heavy (non-hydrogen) atoms. The quantitative estimate of drug-likeness (QED) is 0.390. The number of benzene rings is 1. The number of hydrogen-bond acceptors (Lipinski definition) is 2. The molecule has 0 atom stereocenters. The topological polar surface area (TPSA) is 54.2 Å². The Kier molecular flexibility index (Phi) is 9.70. The molecule has 126 valence electrons. The van der Waals surface area contributed by atoms with Crippen LogP contribution in [0.2, 0.25) is 5.02 Å². The highest BCUT2D eigenvalue weighted by Crippen LogP contribution is 2.10. The molecule has 0 unspecified atom stereocenters. The van der Waals surface area contributed by atoms with Gasteiger partial charge in [0.2, 0.25) is 0 Å². The number of nitrogens with zero attached hydrogens (tertiary/aromatic N) is 3. The minimum absolute atomic E-state index is 0. The molecule has 2 rings (SSSR count). The first kappa shape index (κ1) is 19.8. The van der Waals surface area contributed by atoms with Crippen LogP contribution < -0.4 is 10.6 Å². The summed E-state index contributed by atoms with van der Waals surface area (Å²) in [5, 5.41) is 7.34. The average Bonchev–Trinajstić information content (AvgIpc) is 3.01. The van der Waals surface area contributed by atoms with E-state index < -0.39 is 0 Å². The fourth-order valence-electron chi connectivity index (χ4n) is 2.05. The van der Waals surface area contributed by atoms with Gasteiger partial charge in [0, 0.05) is 43.6 Å². The fraction of sp³-hybridized carbons (Fsp3) is 0.375. The zero-order valence-electron chi connectivity index (χ0n) is 13.2. The second kappa shape index (κ2) is 11.3. The molecule has 0 saturated heterocycles. The van der Waals surface area contributed by atoms with Crippen LogP contribution >= 0.6 is 35.6 Å². The van der Waals surface area contributed by atoms with Gasteiger partial charge in [-0.15, -0.1) is 24.0 Å². The Hall–Kier alpha value is -1.28. The summed E-state index contributed by atoms with van der Waals surface area (Å²) in [5.41, 5.74) is 1.20. The van der Waals surface area contributed by atoms with E-state index in [-0.39, 0.29) is 24.0 Å². The van der Waals surface area contributed by atoms with Gasteiger partial charge in [-0.25, -0.2) is 4.98 Å². The van der Waals surface area contributed by atoms with Crippen LogP contribution in [0.1, 0.15) is 12.5 Å². The van der Waals surface area contributed by atoms with E-state index in [1.165, 1.54) is 5.56 Å². The van der Waals surface area contributed by atoms with E-state index in [0.717, 1.165) is 43.6 Å². The van der Waals surface area contributed by atoms with Gasteiger partial charge in [0.05, 0.1) is 6.33 Å². The molecule has 1 heterocycles. The molecule has 0 saturated carbocycles. The van der Waals surface area contributed by atoms with Gasteiger partial charge in [-0.05, 0) is 31.0 Å². The van der Waals surface area contributed by atoms with Gasteiger partial charge in [0.15, 0.2) is 5.96 Å². The first-order valence-electron chi connectivity index (χ1n) is 7.50. The summed E-state index contributed by atoms with van der Waals surface area (Å²) >= 11 is 5.99. The number of halogens is 2. The molecule has 2 N–H and O–H groups in total. The highest BCUT2D eigenvalue weighted by Gasteiger charge is 1.98. The minimum Gasteiger partial charge on any atom is -0.357 e. The maximum absolute atomic E-state index is 5.99. The molecule has 1 aromatic carbocycles. The number of aliphatic imine (C=N–C) groups is 1. The molecule has 0 radical (unpaired) electrons. The van der Waals surface area contributed by atoms with Crippen LogP contribution in [0.25, 0.3) is 0 Å². The maximum atomic E-state index is 5.99. The Balaban J connectivity index is 0.00000264. The number of guanidine groups is 1. The van der Waals surface area contributed by atoms with Crippen LogP contribution in [0.15, 0.2) is 48.0 Å². The highest BCUT2D eigenvalue weighted by molar-refractivity contribution is 14.0. The summed E-state index contributed by atoms with van der Waals surface area (Å²) in [5.74, 6) is 0.838. The summed E-state index contributed by atoms with van der Waals surface area (Å²) < 4.78 is 2.03. The predicted octanol–water partition coefficient (Wildman–Crippen LogP) is 2.95. The standard InChI is InChI=1S/C16H22ClN5.HI/c1-2-19-16(21-9-11-22-10-8-18-13-22)20-7-6-14-4-3-5-15(17)12-14;/h3-5,8,10,12-13H,2,6-7,9,11H2,1H3,(H2,19,20,21);1H. The van der Waals surface area contributed by atoms with E-state index in [9.17, 15) is 0 Å². The lowest BCUT2D eigenvalue weighted by Gasteiger charge is -2.11. The van der Waals surface area contributed by atoms with Crippen molar-refractivity contribution in [1.29, 1.82) is 0 Å². The van der Waals surface area contributed by atoms with Crippen molar-refractivity contribution in [2.75, 3.05) is 19.6 Å². The molecule has 0 spiro atoms. The van der Waals surface area contributed by atoms with Crippen LogP contribution in [0, 0.1) is 0 Å². The fourth-order valence-corrected chi connectivity index (χ4v) is 2.27. The summed E-state index contributed by atoms with van der Waals surface area (Å²) in [6.07, 6.45) is 6.42. The van der Waals surface area contributed by atoms with Gasteiger partial charge in [0.25, 0.3) is 0 Å². The molecule has 1 aromatic heterocycles. The van der Waals surface area contributed by atoms with Crippen molar-refractivity contribution in [2.24, 2.45) is 4.99 Å². The summed E-state index contributed by atoms with van der Waals surface area (Å²) in [7, 11) is 0. The third kappa shape index (κ3) is 7.69. The Labute approximate surface area is 159 Å². The third-order valence-electron chi connectivity index (χ3n) is 3.13. The van der Waals surface area contributed by atoms with E-state index in [2.05, 4.69) is 33.6 Å². The van der Waals surface area contributed by atoms with Crippen molar-refractivity contribution in [3.63, 3.8) is 0 Å². The van der Waals surface area contributed by atoms with E-state index in [4.69, 9.17) is 11.6 Å². The predicted molar refractivity (Wildman–Crippen MR) is 107 cm³/mol. The first-order valence-corrected chi connectivity index (χ1v) is 7.88. The van der Waals surface area contributed by atoms with Gasteiger partial charge in [-0.2, -0.15) is 0 Å². The molecule has 5 nitrogen and oxygen atoms in total. The molecule has 0 bridgehead atoms.